The second kappa shape index (κ2) is 5.00. The highest BCUT2D eigenvalue weighted by atomic mass is 16.4. The summed E-state index contributed by atoms with van der Waals surface area (Å²) in [6, 6.07) is -0.234. The molecule has 0 aromatic heterocycles. The molecule has 0 aromatic rings. The molecule has 1 rings (SSSR count). The molecule has 1 saturated heterocycles. The molecule has 80 valence electrons. The van der Waals surface area contributed by atoms with E-state index >= 15 is 0 Å². The predicted octanol–water partition coefficient (Wildman–Crippen LogP) is 1.46. The van der Waals surface area contributed by atoms with Crippen LogP contribution >= 0.6 is 0 Å². The standard InChI is InChI=1S/C10H17NO3/c1-2-4-8-5-3-6-9(7-12)11(8)10(13)14/h2,8-9,12H,1,3-7H2,(H,13,14)/t8-,9-/m0/s1. The minimum Gasteiger partial charge on any atom is -0.465 e. The van der Waals surface area contributed by atoms with Crippen LogP contribution in [-0.2, 0) is 0 Å². The van der Waals surface area contributed by atoms with Crippen LogP contribution in [0.15, 0.2) is 12.7 Å². The maximum atomic E-state index is 11.0. The Labute approximate surface area is 83.8 Å². The summed E-state index contributed by atoms with van der Waals surface area (Å²) in [6.07, 6.45) is 4.08. The fourth-order valence-electron chi connectivity index (χ4n) is 2.08. The molecule has 2 N–H and O–H groups in total. The molecule has 0 bridgehead atoms. The van der Waals surface area contributed by atoms with Crippen LogP contribution in [0.25, 0.3) is 0 Å². The fourth-order valence-corrected chi connectivity index (χ4v) is 2.08. The van der Waals surface area contributed by atoms with Crippen molar-refractivity contribution in [2.24, 2.45) is 0 Å². The van der Waals surface area contributed by atoms with Crippen molar-refractivity contribution >= 4 is 6.09 Å². The maximum Gasteiger partial charge on any atom is 0.407 e. The summed E-state index contributed by atoms with van der Waals surface area (Å²) in [5.74, 6) is 0. The smallest absolute Gasteiger partial charge is 0.407 e. The number of rotatable bonds is 3. The molecule has 0 radical (unpaired) electrons. The molecule has 4 nitrogen and oxygen atoms in total. The van der Waals surface area contributed by atoms with Crippen molar-refractivity contribution in [2.75, 3.05) is 6.61 Å². The summed E-state index contributed by atoms with van der Waals surface area (Å²) < 4.78 is 0. The molecule has 0 aromatic carbocycles. The third kappa shape index (κ3) is 2.26. The van der Waals surface area contributed by atoms with E-state index in [1.165, 1.54) is 4.90 Å². The summed E-state index contributed by atoms with van der Waals surface area (Å²) in [7, 11) is 0. The normalized spacial score (nSPS) is 27.4. The van der Waals surface area contributed by atoms with E-state index in [-0.39, 0.29) is 18.7 Å². The number of nitrogens with zero attached hydrogens (tertiary/aromatic N) is 1. The Morgan fingerprint density at radius 3 is 2.64 bits per heavy atom. The lowest BCUT2D eigenvalue weighted by Crippen LogP contribution is -2.50. The van der Waals surface area contributed by atoms with E-state index in [2.05, 4.69) is 6.58 Å². The molecule has 1 aliphatic rings. The van der Waals surface area contributed by atoms with Gasteiger partial charge in [0, 0.05) is 6.04 Å². The lowest BCUT2D eigenvalue weighted by Gasteiger charge is -2.39. The van der Waals surface area contributed by atoms with Gasteiger partial charge in [-0.05, 0) is 25.7 Å². The molecule has 1 fully saturated rings. The van der Waals surface area contributed by atoms with E-state index in [1.54, 1.807) is 6.08 Å². The van der Waals surface area contributed by atoms with Crippen LogP contribution in [0.1, 0.15) is 25.7 Å². The van der Waals surface area contributed by atoms with Gasteiger partial charge in [-0.1, -0.05) is 6.08 Å². The van der Waals surface area contributed by atoms with Crippen LogP contribution < -0.4 is 0 Å². The number of likely N-dealkylation sites (tertiary alicyclic amines) is 1. The zero-order valence-electron chi connectivity index (χ0n) is 8.22. The molecule has 2 atom stereocenters. The number of amides is 1. The third-order valence-corrected chi connectivity index (χ3v) is 2.73. The number of hydrogen-bond acceptors (Lipinski definition) is 2. The number of carbonyl (C=O) groups is 1. The zero-order chi connectivity index (χ0) is 10.6. The second-order valence-corrected chi connectivity index (χ2v) is 3.64. The van der Waals surface area contributed by atoms with E-state index in [1.807, 2.05) is 0 Å². The van der Waals surface area contributed by atoms with Gasteiger partial charge >= 0.3 is 6.09 Å². The second-order valence-electron chi connectivity index (χ2n) is 3.64. The third-order valence-electron chi connectivity index (χ3n) is 2.73. The first-order valence-corrected chi connectivity index (χ1v) is 4.93. The Kier molecular flexibility index (Phi) is 3.95. The number of aliphatic hydroxyl groups excluding tert-OH is 1. The first kappa shape index (κ1) is 11.0. The fraction of sp³-hybridized carbons (Fsp3) is 0.700. The van der Waals surface area contributed by atoms with Gasteiger partial charge in [0.05, 0.1) is 12.6 Å². The average molecular weight is 199 g/mol. The van der Waals surface area contributed by atoms with Gasteiger partial charge in [0.1, 0.15) is 0 Å². The molecule has 0 saturated carbocycles. The highest BCUT2D eigenvalue weighted by Crippen LogP contribution is 2.25. The van der Waals surface area contributed by atoms with Gasteiger partial charge in [-0.2, -0.15) is 0 Å². The largest absolute Gasteiger partial charge is 0.465 e. The first-order valence-electron chi connectivity index (χ1n) is 4.93. The molecule has 14 heavy (non-hydrogen) atoms. The average Bonchev–Trinajstić information content (AvgIpc) is 2.17. The molecule has 4 heteroatoms. The summed E-state index contributed by atoms with van der Waals surface area (Å²) in [5, 5.41) is 18.1. The zero-order valence-corrected chi connectivity index (χ0v) is 8.22. The number of piperidine rings is 1. The van der Waals surface area contributed by atoms with Gasteiger partial charge in [-0.25, -0.2) is 4.79 Å². The topological polar surface area (TPSA) is 60.8 Å². The number of hydrogen-bond donors (Lipinski definition) is 2. The molecule has 0 aliphatic carbocycles. The van der Waals surface area contributed by atoms with E-state index in [9.17, 15) is 4.79 Å². The molecule has 1 amide bonds. The van der Waals surface area contributed by atoms with E-state index in [0.29, 0.717) is 6.42 Å². The molecule has 1 heterocycles. The van der Waals surface area contributed by atoms with Gasteiger partial charge in [0.25, 0.3) is 0 Å². The van der Waals surface area contributed by atoms with E-state index < -0.39 is 6.09 Å². The van der Waals surface area contributed by atoms with Crippen LogP contribution in [-0.4, -0.2) is 39.9 Å². The Balaban J connectivity index is 2.72. The van der Waals surface area contributed by atoms with Gasteiger partial charge in [-0.3, -0.25) is 4.90 Å². The molecule has 0 unspecified atom stereocenters. The van der Waals surface area contributed by atoms with Gasteiger partial charge in [-0.15, -0.1) is 6.58 Å². The van der Waals surface area contributed by atoms with Crippen LogP contribution in [0.3, 0.4) is 0 Å². The highest BCUT2D eigenvalue weighted by molar-refractivity contribution is 5.66. The van der Waals surface area contributed by atoms with Crippen LogP contribution in [0.2, 0.25) is 0 Å². The van der Waals surface area contributed by atoms with Crippen LogP contribution in [0.4, 0.5) is 4.79 Å². The van der Waals surface area contributed by atoms with Crippen molar-refractivity contribution in [3.05, 3.63) is 12.7 Å². The quantitative estimate of drug-likeness (QED) is 0.676. The lowest BCUT2D eigenvalue weighted by atomic mass is 9.94. The Morgan fingerprint density at radius 1 is 1.50 bits per heavy atom. The summed E-state index contributed by atoms with van der Waals surface area (Å²) >= 11 is 0. The van der Waals surface area contributed by atoms with Crippen molar-refractivity contribution in [3.63, 3.8) is 0 Å². The number of carboxylic acid groups (broad SMARTS) is 1. The molecular formula is C10H17NO3. The Hall–Kier alpha value is -1.03. The van der Waals surface area contributed by atoms with E-state index in [0.717, 1.165) is 19.3 Å². The predicted molar refractivity (Wildman–Crippen MR) is 53.2 cm³/mol. The minimum atomic E-state index is -0.935. The van der Waals surface area contributed by atoms with Crippen molar-refractivity contribution in [1.29, 1.82) is 0 Å². The SMILES string of the molecule is C=CC[C@H]1CCC[C@@H](CO)N1C(=O)O. The Bertz CT molecular complexity index is 217. The van der Waals surface area contributed by atoms with Gasteiger partial charge in [0.15, 0.2) is 0 Å². The molecular weight excluding hydrogens is 182 g/mol. The maximum absolute atomic E-state index is 11.0. The van der Waals surface area contributed by atoms with Gasteiger partial charge in [0.2, 0.25) is 0 Å². The van der Waals surface area contributed by atoms with Crippen molar-refractivity contribution in [1.82, 2.24) is 4.90 Å². The van der Waals surface area contributed by atoms with Crippen molar-refractivity contribution < 1.29 is 15.0 Å². The monoisotopic (exact) mass is 199 g/mol. The summed E-state index contributed by atoms with van der Waals surface area (Å²) in [5.41, 5.74) is 0. The first-order chi connectivity index (χ1) is 6.70. The molecule has 0 spiro atoms. The Morgan fingerprint density at radius 2 is 2.14 bits per heavy atom. The summed E-state index contributed by atoms with van der Waals surface area (Å²) in [4.78, 5) is 12.4. The highest BCUT2D eigenvalue weighted by Gasteiger charge is 2.32. The van der Waals surface area contributed by atoms with Crippen LogP contribution in [0, 0.1) is 0 Å². The molecule has 1 aliphatic heterocycles. The van der Waals surface area contributed by atoms with Gasteiger partial charge < -0.3 is 10.2 Å². The minimum absolute atomic E-state index is 0.00380. The lowest BCUT2D eigenvalue weighted by molar-refractivity contribution is 0.0460. The van der Waals surface area contributed by atoms with Crippen LogP contribution in [0.5, 0.6) is 0 Å². The summed E-state index contributed by atoms with van der Waals surface area (Å²) in [6.45, 7) is 3.53. The van der Waals surface area contributed by atoms with Crippen molar-refractivity contribution in [2.45, 2.75) is 37.8 Å². The number of aliphatic hydroxyl groups is 1. The van der Waals surface area contributed by atoms with E-state index in [4.69, 9.17) is 10.2 Å². The van der Waals surface area contributed by atoms with Crippen molar-refractivity contribution in [3.8, 4) is 0 Å².